The number of hydrogen-bond acceptors (Lipinski definition) is 6. The maximum Gasteiger partial charge on any atom is 0.311 e. The fourth-order valence-electron chi connectivity index (χ4n) is 6.23. The maximum atomic E-state index is 14.3. The third-order valence-electron chi connectivity index (χ3n) is 7.76. The van der Waals surface area contributed by atoms with Crippen LogP contribution < -0.4 is 4.90 Å². The lowest BCUT2D eigenvalue weighted by molar-refractivity contribution is -0.152. The summed E-state index contributed by atoms with van der Waals surface area (Å²) in [5.74, 6) is -2.13. The number of rotatable bonds is 7. The number of nitrogens with zero attached hydrogens (tertiary/aromatic N) is 2. The Morgan fingerprint density at radius 1 is 1.06 bits per heavy atom. The van der Waals surface area contributed by atoms with Gasteiger partial charge in [-0.25, -0.2) is 0 Å². The first-order chi connectivity index (χ1) is 17.3. The van der Waals surface area contributed by atoms with E-state index in [9.17, 15) is 14.4 Å². The van der Waals surface area contributed by atoms with Crippen molar-refractivity contribution in [3.63, 3.8) is 0 Å². The molecule has 2 amide bonds. The molecular weight excluding hydrogens is 500 g/mol. The molecule has 0 radical (unpaired) electrons. The highest BCUT2D eigenvalue weighted by Gasteiger charge is 2.74. The number of aliphatic hydroxyl groups is 1. The molecular formula is C27H31ClN2O5S. The number of unbranched alkanes of at least 4 members (excludes halogenated alkanes) is 3. The summed E-state index contributed by atoms with van der Waals surface area (Å²) >= 11 is 8.03. The normalized spacial score (nSPS) is 33.2. The number of amides is 2. The van der Waals surface area contributed by atoms with Gasteiger partial charge in [-0.05, 0) is 38.0 Å². The number of likely N-dealkylation sites (tertiary alicyclic amines) is 1. The van der Waals surface area contributed by atoms with E-state index in [-0.39, 0.29) is 31.0 Å². The smallest absolute Gasteiger partial charge is 0.311 e. The Morgan fingerprint density at radius 3 is 2.61 bits per heavy atom. The molecule has 1 aromatic carbocycles. The minimum absolute atomic E-state index is 0.138. The van der Waals surface area contributed by atoms with Crippen LogP contribution in [-0.4, -0.2) is 69.6 Å². The average Bonchev–Trinajstić information content (AvgIpc) is 3.10. The van der Waals surface area contributed by atoms with Crippen molar-refractivity contribution in [2.45, 2.75) is 48.1 Å². The molecule has 5 rings (SSSR count). The molecule has 0 saturated carbocycles. The molecule has 2 saturated heterocycles. The van der Waals surface area contributed by atoms with E-state index in [1.54, 1.807) is 15.9 Å². The van der Waals surface area contributed by atoms with Crippen molar-refractivity contribution in [3.05, 3.63) is 53.6 Å². The molecule has 1 N–H and O–H groups in total. The van der Waals surface area contributed by atoms with Gasteiger partial charge in [0.15, 0.2) is 0 Å². The molecule has 4 aliphatic heterocycles. The molecule has 0 bridgehead atoms. The van der Waals surface area contributed by atoms with Crippen molar-refractivity contribution < 1.29 is 24.2 Å². The molecule has 4 aliphatic rings. The molecule has 2 fully saturated rings. The van der Waals surface area contributed by atoms with E-state index < -0.39 is 27.4 Å². The highest BCUT2D eigenvalue weighted by atomic mass is 35.5. The standard InChI is InChI=1S/C27H31ClN2O5S/c1-26-12-9-17-35-25(34)21(26)20-23(32)30(14-6-2-3-7-16-31)22-24(33)29(15-8-13-27(20,22)36-26)19-11-5-4-10-18(19)28/h4-5,8-13,20-22,31H,2-3,6-7,14-17H2,1H3/t20-,21-,22?,26+,27-/m0/s1. The number of fused-ring (bicyclic) bond motifs is 2. The number of esters is 1. The fraction of sp³-hybridized carbons (Fsp3) is 0.519. The second-order valence-electron chi connectivity index (χ2n) is 10.0. The van der Waals surface area contributed by atoms with Crippen LogP contribution in [0.1, 0.15) is 32.6 Å². The predicted octanol–water partition coefficient (Wildman–Crippen LogP) is 3.60. The maximum absolute atomic E-state index is 14.3. The number of carbonyl (C=O) groups excluding carboxylic acids is 3. The Morgan fingerprint density at radius 2 is 1.83 bits per heavy atom. The largest absolute Gasteiger partial charge is 0.461 e. The number of carbonyl (C=O) groups is 3. The van der Waals surface area contributed by atoms with Crippen LogP contribution in [0.4, 0.5) is 5.69 Å². The quantitative estimate of drug-likeness (QED) is 0.329. The van der Waals surface area contributed by atoms with E-state index in [2.05, 4.69) is 0 Å². The second kappa shape index (κ2) is 9.88. The molecule has 0 aliphatic carbocycles. The summed E-state index contributed by atoms with van der Waals surface area (Å²) in [5.41, 5.74) is 0.604. The summed E-state index contributed by atoms with van der Waals surface area (Å²) in [7, 11) is 0. The number of cyclic esters (lactones) is 1. The first-order valence-corrected chi connectivity index (χ1v) is 13.7. The van der Waals surface area contributed by atoms with Crippen molar-refractivity contribution in [3.8, 4) is 0 Å². The van der Waals surface area contributed by atoms with Gasteiger partial charge in [-0.3, -0.25) is 14.4 Å². The molecule has 1 unspecified atom stereocenters. The van der Waals surface area contributed by atoms with Crippen LogP contribution in [0.15, 0.2) is 48.6 Å². The average molecular weight is 531 g/mol. The van der Waals surface area contributed by atoms with Crippen molar-refractivity contribution in [2.24, 2.45) is 11.8 Å². The molecule has 7 nitrogen and oxygen atoms in total. The monoisotopic (exact) mass is 530 g/mol. The minimum Gasteiger partial charge on any atom is -0.461 e. The Balaban J connectivity index is 1.57. The van der Waals surface area contributed by atoms with Crippen LogP contribution in [0.3, 0.4) is 0 Å². The first-order valence-electron chi connectivity index (χ1n) is 12.5. The lowest BCUT2D eigenvalue weighted by Crippen LogP contribution is -2.53. The zero-order valence-corrected chi connectivity index (χ0v) is 21.8. The van der Waals surface area contributed by atoms with Gasteiger partial charge >= 0.3 is 5.97 Å². The Bertz CT molecular complexity index is 1130. The molecule has 9 heteroatoms. The Hall–Kier alpha value is -2.29. The van der Waals surface area contributed by atoms with Gasteiger partial charge in [0, 0.05) is 24.4 Å². The van der Waals surface area contributed by atoms with Crippen molar-refractivity contribution in [1.29, 1.82) is 0 Å². The SMILES string of the molecule is C[C@@]12C=CCOC(=O)[C@@H]1[C@H]1C(=O)N(CCCCCCO)C3C(=O)N(c4ccccc4Cl)CC=C[C@@]31S2. The number of para-hydroxylation sites is 1. The van der Waals surface area contributed by atoms with E-state index in [0.29, 0.717) is 36.6 Å². The predicted molar refractivity (Wildman–Crippen MR) is 140 cm³/mol. The fourth-order valence-corrected chi connectivity index (χ4v) is 8.62. The summed E-state index contributed by atoms with van der Waals surface area (Å²) in [4.78, 5) is 45.0. The van der Waals surface area contributed by atoms with Crippen LogP contribution in [0.5, 0.6) is 0 Å². The van der Waals surface area contributed by atoms with Gasteiger partial charge in [0.05, 0.1) is 27.3 Å². The van der Waals surface area contributed by atoms with Gasteiger partial charge in [-0.15, -0.1) is 11.8 Å². The summed E-state index contributed by atoms with van der Waals surface area (Å²) in [6, 6.07) is 6.45. The third-order valence-corrected chi connectivity index (χ3v) is 9.88. The van der Waals surface area contributed by atoms with E-state index in [1.165, 1.54) is 11.8 Å². The zero-order valence-electron chi connectivity index (χ0n) is 20.3. The molecule has 1 aromatic rings. The van der Waals surface area contributed by atoms with Crippen LogP contribution in [0, 0.1) is 11.8 Å². The Kier molecular flexibility index (Phi) is 6.96. The molecule has 192 valence electrons. The van der Waals surface area contributed by atoms with Crippen molar-refractivity contribution in [2.75, 3.05) is 31.2 Å². The van der Waals surface area contributed by atoms with Gasteiger partial charge in [-0.2, -0.15) is 0 Å². The molecule has 4 heterocycles. The molecule has 5 atom stereocenters. The van der Waals surface area contributed by atoms with Crippen LogP contribution >= 0.6 is 23.4 Å². The summed E-state index contributed by atoms with van der Waals surface area (Å²) < 4.78 is 3.91. The number of ether oxygens (including phenoxy) is 1. The first kappa shape index (κ1) is 25.4. The van der Waals surface area contributed by atoms with Gasteiger partial charge in [-0.1, -0.05) is 54.8 Å². The minimum atomic E-state index is -0.893. The lowest BCUT2D eigenvalue weighted by Gasteiger charge is -2.37. The van der Waals surface area contributed by atoms with Gasteiger partial charge < -0.3 is 19.6 Å². The van der Waals surface area contributed by atoms with Gasteiger partial charge in [0.2, 0.25) is 5.91 Å². The van der Waals surface area contributed by atoms with Crippen LogP contribution in [0.25, 0.3) is 0 Å². The van der Waals surface area contributed by atoms with Crippen LogP contribution in [-0.2, 0) is 19.1 Å². The Labute approximate surface area is 220 Å². The van der Waals surface area contributed by atoms with Crippen LogP contribution in [0.2, 0.25) is 5.02 Å². The number of aliphatic hydroxyl groups excluding tert-OH is 1. The summed E-state index contributed by atoms with van der Waals surface area (Å²) in [5, 5.41) is 9.57. The molecule has 1 spiro atoms. The molecule has 0 aromatic heterocycles. The third kappa shape index (κ3) is 3.98. The van der Waals surface area contributed by atoms with Crippen molar-refractivity contribution >= 4 is 46.8 Å². The summed E-state index contributed by atoms with van der Waals surface area (Å²) in [6.45, 7) is 3.04. The highest BCUT2D eigenvalue weighted by molar-refractivity contribution is 8.02. The van der Waals surface area contributed by atoms with E-state index in [0.717, 1.165) is 12.8 Å². The van der Waals surface area contributed by atoms with E-state index in [1.807, 2.05) is 49.4 Å². The number of benzene rings is 1. The number of hydrogen-bond donors (Lipinski definition) is 1. The van der Waals surface area contributed by atoms with E-state index >= 15 is 0 Å². The second-order valence-corrected chi connectivity index (χ2v) is 12.2. The number of anilines is 1. The topological polar surface area (TPSA) is 87.1 Å². The number of thioether (sulfide) groups is 1. The zero-order chi connectivity index (χ0) is 25.5. The summed E-state index contributed by atoms with van der Waals surface area (Å²) in [6.07, 6.45) is 10.8. The van der Waals surface area contributed by atoms with E-state index in [4.69, 9.17) is 21.4 Å². The highest BCUT2D eigenvalue weighted by Crippen LogP contribution is 2.65. The van der Waals surface area contributed by atoms with Crippen molar-refractivity contribution in [1.82, 2.24) is 4.90 Å². The van der Waals surface area contributed by atoms with Gasteiger partial charge in [0.25, 0.3) is 5.91 Å². The van der Waals surface area contributed by atoms with Gasteiger partial charge in [0.1, 0.15) is 12.6 Å². The lowest BCUT2D eigenvalue weighted by atomic mass is 9.75. The molecule has 36 heavy (non-hydrogen) atoms. The number of halogens is 1.